The third kappa shape index (κ3) is 3.16. The summed E-state index contributed by atoms with van der Waals surface area (Å²) in [6.07, 6.45) is -4.11. The van der Waals surface area contributed by atoms with Crippen molar-refractivity contribution in [2.45, 2.75) is 12.7 Å². The SMILES string of the molecule is CN(Cc1cscn1)c1ccc(C=O)cc1C(F)(F)F. The molecular weight excluding hydrogens is 289 g/mol. The zero-order valence-electron chi connectivity index (χ0n) is 10.5. The zero-order chi connectivity index (χ0) is 14.8. The monoisotopic (exact) mass is 300 g/mol. The van der Waals surface area contributed by atoms with E-state index in [4.69, 9.17) is 0 Å². The zero-order valence-corrected chi connectivity index (χ0v) is 11.3. The van der Waals surface area contributed by atoms with Crippen molar-refractivity contribution in [2.24, 2.45) is 0 Å². The molecular formula is C13H11F3N2OS. The van der Waals surface area contributed by atoms with Crippen LogP contribution < -0.4 is 4.90 Å². The number of carbonyl (C=O) groups excluding carboxylic acids is 1. The van der Waals surface area contributed by atoms with Crippen molar-refractivity contribution in [3.63, 3.8) is 0 Å². The van der Waals surface area contributed by atoms with Crippen molar-refractivity contribution >= 4 is 23.3 Å². The summed E-state index contributed by atoms with van der Waals surface area (Å²) in [7, 11) is 1.56. The minimum Gasteiger partial charge on any atom is -0.368 e. The fourth-order valence-electron chi connectivity index (χ4n) is 1.83. The van der Waals surface area contributed by atoms with Gasteiger partial charge in [0.2, 0.25) is 0 Å². The highest BCUT2D eigenvalue weighted by Crippen LogP contribution is 2.37. The number of hydrogen-bond donors (Lipinski definition) is 0. The minimum atomic E-state index is -4.51. The van der Waals surface area contributed by atoms with E-state index in [1.54, 1.807) is 17.9 Å². The summed E-state index contributed by atoms with van der Waals surface area (Å²) in [5, 5.41) is 1.78. The normalized spacial score (nSPS) is 11.4. The molecule has 0 aliphatic rings. The first-order valence-corrected chi connectivity index (χ1v) is 6.60. The van der Waals surface area contributed by atoms with Crippen LogP contribution in [-0.4, -0.2) is 18.3 Å². The molecule has 2 aromatic rings. The van der Waals surface area contributed by atoms with Crippen LogP contribution in [0.5, 0.6) is 0 Å². The molecule has 0 saturated carbocycles. The lowest BCUT2D eigenvalue weighted by Gasteiger charge is -2.23. The second-order valence-electron chi connectivity index (χ2n) is 4.23. The van der Waals surface area contributed by atoms with Crippen LogP contribution in [0, 0.1) is 0 Å². The molecule has 0 bridgehead atoms. The molecule has 0 N–H and O–H groups in total. The maximum atomic E-state index is 13.0. The van der Waals surface area contributed by atoms with Gasteiger partial charge in [0.15, 0.2) is 0 Å². The van der Waals surface area contributed by atoms with E-state index in [0.29, 0.717) is 12.0 Å². The summed E-state index contributed by atoms with van der Waals surface area (Å²) in [6.45, 7) is 0.271. The van der Waals surface area contributed by atoms with Gasteiger partial charge in [-0.15, -0.1) is 11.3 Å². The number of nitrogens with zero attached hydrogens (tertiary/aromatic N) is 2. The van der Waals surface area contributed by atoms with Gasteiger partial charge in [0.05, 0.1) is 23.3 Å². The molecule has 0 aliphatic carbocycles. The highest BCUT2D eigenvalue weighted by Gasteiger charge is 2.34. The third-order valence-corrected chi connectivity index (χ3v) is 3.39. The number of aldehydes is 1. The lowest BCUT2D eigenvalue weighted by Crippen LogP contribution is -2.21. The van der Waals surface area contributed by atoms with E-state index in [2.05, 4.69) is 4.98 Å². The molecule has 20 heavy (non-hydrogen) atoms. The largest absolute Gasteiger partial charge is 0.418 e. The van der Waals surface area contributed by atoms with Crippen LogP contribution in [0.15, 0.2) is 29.1 Å². The smallest absolute Gasteiger partial charge is 0.368 e. The second kappa shape index (κ2) is 5.62. The number of alkyl halides is 3. The van der Waals surface area contributed by atoms with Crippen molar-refractivity contribution in [1.29, 1.82) is 0 Å². The molecule has 2 rings (SSSR count). The second-order valence-corrected chi connectivity index (χ2v) is 4.95. The predicted molar refractivity (Wildman–Crippen MR) is 71.1 cm³/mol. The van der Waals surface area contributed by atoms with Gasteiger partial charge in [0.1, 0.15) is 6.29 Å². The number of carbonyl (C=O) groups is 1. The van der Waals surface area contributed by atoms with Crippen LogP contribution in [0.25, 0.3) is 0 Å². The number of halogens is 3. The molecule has 0 fully saturated rings. The number of aromatic nitrogens is 1. The molecule has 3 nitrogen and oxygen atoms in total. The Bertz CT molecular complexity index is 596. The van der Waals surface area contributed by atoms with E-state index < -0.39 is 11.7 Å². The molecule has 1 heterocycles. The van der Waals surface area contributed by atoms with Crippen LogP contribution in [-0.2, 0) is 12.7 Å². The van der Waals surface area contributed by atoms with Crippen LogP contribution in [0.2, 0.25) is 0 Å². The van der Waals surface area contributed by atoms with Crippen molar-refractivity contribution in [3.8, 4) is 0 Å². The fourth-order valence-corrected chi connectivity index (χ4v) is 2.38. The van der Waals surface area contributed by atoms with Gasteiger partial charge in [0, 0.05) is 23.7 Å². The van der Waals surface area contributed by atoms with Gasteiger partial charge in [-0.2, -0.15) is 13.2 Å². The summed E-state index contributed by atoms with van der Waals surface area (Å²) < 4.78 is 39.1. The summed E-state index contributed by atoms with van der Waals surface area (Å²) in [6, 6.07) is 3.54. The van der Waals surface area contributed by atoms with Crippen LogP contribution >= 0.6 is 11.3 Å². The maximum Gasteiger partial charge on any atom is 0.418 e. The Balaban J connectivity index is 2.37. The molecule has 0 spiro atoms. The van der Waals surface area contributed by atoms with Gasteiger partial charge < -0.3 is 4.90 Å². The molecule has 0 atom stereocenters. The fraction of sp³-hybridized carbons (Fsp3) is 0.231. The van der Waals surface area contributed by atoms with E-state index in [0.717, 1.165) is 6.07 Å². The van der Waals surface area contributed by atoms with E-state index >= 15 is 0 Å². The molecule has 0 unspecified atom stereocenters. The van der Waals surface area contributed by atoms with E-state index in [9.17, 15) is 18.0 Å². The Morgan fingerprint density at radius 2 is 2.15 bits per heavy atom. The van der Waals surface area contributed by atoms with Gasteiger partial charge in [0.25, 0.3) is 0 Å². The molecule has 0 aliphatic heterocycles. The van der Waals surface area contributed by atoms with Crippen molar-refractivity contribution in [1.82, 2.24) is 4.98 Å². The van der Waals surface area contributed by atoms with Crippen LogP contribution in [0.4, 0.5) is 18.9 Å². The van der Waals surface area contributed by atoms with Crippen molar-refractivity contribution in [2.75, 3.05) is 11.9 Å². The Labute approximate surface area is 117 Å². The molecule has 1 aromatic heterocycles. The quantitative estimate of drug-likeness (QED) is 0.809. The third-order valence-electron chi connectivity index (χ3n) is 2.76. The summed E-state index contributed by atoms with van der Waals surface area (Å²) in [4.78, 5) is 16.1. The Hall–Kier alpha value is -1.89. The molecule has 0 radical (unpaired) electrons. The van der Waals surface area contributed by atoms with E-state index in [1.165, 1.54) is 28.4 Å². The number of hydrogen-bond acceptors (Lipinski definition) is 4. The van der Waals surface area contributed by atoms with Gasteiger partial charge in [-0.05, 0) is 18.2 Å². The molecule has 7 heteroatoms. The van der Waals surface area contributed by atoms with Crippen LogP contribution in [0.3, 0.4) is 0 Å². The summed E-state index contributed by atoms with van der Waals surface area (Å²) in [5.41, 5.74) is 1.53. The molecule has 1 aromatic carbocycles. The van der Waals surface area contributed by atoms with Gasteiger partial charge >= 0.3 is 6.18 Å². The number of anilines is 1. The predicted octanol–water partition coefficient (Wildman–Crippen LogP) is 3.61. The average Bonchev–Trinajstić information content (AvgIpc) is 2.89. The lowest BCUT2D eigenvalue weighted by molar-refractivity contribution is -0.137. The van der Waals surface area contributed by atoms with E-state index in [-0.39, 0.29) is 17.8 Å². The lowest BCUT2D eigenvalue weighted by atomic mass is 10.1. The first-order chi connectivity index (χ1) is 9.41. The highest BCUT2D eigenvalue weighted by molar-refractivity contribution is 7.07. The van der Waals surface area contributed by atoms with Gasteiger partial charge in [-0.1, -0.05) is 0 Å². The highest BCUT2D eigenvalue weighted by atomic mass is 32.1. The van der Waals surface area contributed by atoms with Crippen molar-refractivity contribution in [3.05, 3.63) is 45.9 Å². The first-order valence-electron chi connectivity index (χ1n) is 5.66. The van der Waals surface area contributed by atoms with Gasteiger partial charge in [-0.3, -0.25) is 4.79 Å². The van der Waals surface area contributed by atoms with Gasteiger partial charge in [-0.25, -0.2) is 4.98 Å². The standard InChI is InChI=1S/C13H11F3N2OS/c1-18(5-10-7-20-8-17-10)12-3-2-9(6-19)4-11(12)13(14,15)16/h2-4,6-8H,5H2,1H3. The summed E-state index contributed by atoms with van der Waals surface area (Å²) in [5.74, 6) is 0. The van der Waals surface area contributed by atoms with E-state index in [1.807, 2.05) is 0 Å². The number of thiazole rings is 1. The Morgan fingerprint density at radius 3 is 2.70 bits per heavy atom. The average molecular weight is 300 g/mol. The first kappa shape index (κ1) is 14.5. The molecule has 0 saturated heterocycles. The van der Waals surface area contributed by atoms with Crippen LogP contribution in [0.1, 0.15) is 21.6 Å². The minimum absolute atomic E-state index is 0.00290. The van der Waals surface area contributed by atoms with Crippen molar-refractivity contribution < 1.29 is 18.0 Å². The maximum absolute atomic E-state index is 13.0. The molecule has 106 valence electrons. The topological polar surface area (TPSA) is 33.2 Å². The number of rotatable bonds is 4. The Kier molecular flexibility index (Phi) is 4.08. The molecule has 0 amide bonds. The number of benzene rings is 1. The summed E-state index contributed by atoms with van der Waals surface area (Å²) >= 11 is 1.39. The Morgan fingerprint density at radius 1 is 1.40 bits per heavy atom.